The summed E-state index contributed by atoms with van der Waals surface area (Å²) in [7, 11) is 0. The number of nitrogens with zero attached hydrogens (tertiary/aromatic N) is 1. The highest BCUT2D eigenvalue weighted by atomic mass is 32.1. The van der Waals surface area contributed by atoms with Crippen molar-refractivity contribution in [1.29, 1.82) is 0 Å². The van der Waals surface area contributed by atoms with Crippen LogP contribution in [0, 0.1) is 6.20 Å². The Morgan fingerprint density at radius 3 is 3.56 bits per heavy atom. The molecular formula is C6H7N2S. The monoisotopic (exact) mass is 139 g/mol. The summed E-state index contributed by atoms with van der Waals surface area (Å²) in [6, 6.07) is 0. The largest absolute Gasteiger partial charge is 0.311 e. The molecule has 0 saturated carbocycles. The Hall–Kier alpha value is -0.410. The van der Waals surface area contributed by atoms with Gasteiger partial charge in [0.15, 0.2) is 0 Å². The van der Waals surface area contributed by atoms with Gasteiger partial charge in [0, 0.05) is 11.4 Å². The topological polar surface area (TPSA) is 24.9 Å². The summed E-state index contributed by atoms with van der Waals surface area (Å²) < 4.78 is 3.98. The van der Waals surface area contributed by atoms with E-state index in [0.717, 1.165) is 19.5 Å². The Balaban J connectivity index is 2.39. The van der Waals surface area contributed by atoms with Crippen LogP contribution in [-0.4, -0.2) is 10.9 Å². The Morgan fingerprint density at radius 2 is 2.67 bits per heavy atom. The number of aromatic nitrogens is 1. The molecule has 9 heavy (non-hydrogen) atoms. The molecule has 1 aliphatic rings. The third-order valence-electron chi connectivity index (χ3n) is 1.51. The van der Waals surface area contributed by atoms with Gasteiger partial charge in [0.05, 0.1) is 0 Å². The minimum Gasteiger partial charge on any atom is -0.311 e. The maximum atomic E-state index is 3.98. The quantitative estimate of drug-likeness (QED) is 0.569. The Kier molecular flexibility index (Phi) is 1.24. The Morgan fingerprint density at radius 1 is 1.67 bits per heavy atom. The highest BCUT2D eigenvalue weighted by molar-refractivity contribution is 7.05. The average Bonchev–Trinajstić information content (AvgIpc) is 2.33. The van der Waals surface area contributed by atoms with Crippen LogP contribution < -0.4 is 5.32 Å². The standard InChI is InChI=1S/C6H7N2S/c1-2-7-4-6-5(1)3-8-9-6/h7H,1-2,4H2. The van der Waals surface area contributed by atoms with Crippen LogP contribution in [0.2, 0.25) is 0 Å². The molecule has 1 radical (unpaired) electrons. The summed E-state index contributed by atoms with van der Waals surface area (Å²) in [5, 5.41) is 3.28. The van der Waals surface area contributed by atoms with Gasteiger partial charge in [-0.05, 0) is 30.1 Å². The smallest absolute Gasteiger partial charge is 0.107 e. The minimum atomic E-state index is 0.997. The first-order valence-corrected chi connectivity index (χ1v) is 3.80. The fourth-order valence-electron chi connectivity index (χ4n) is 1.00. The van der Waals surface area contributed by atoms with E-state index in [0.29, 0.717) is 0 Å². The summed E-state index contributed by atoms with van der Waals surface area (Å²) in [5.74, 6) is 0. The predicted octanol–water partition coefficient (Wildman–Crippen LogP) is 0.589. The third kappa shape index (κ3) is 0.862. The Bertz CT molecular complexity index is 186. The second-order valence-electron chi connectivity index (χ2n) is 2.12. The molecule has 2 heterocycles. The van der Waals surface area contributed by atoms with Crippen molar-refractivity contribution in [2.75, 3.05) is 6.54 Å². The Labute approximate surface area is 58.1 Å². The molecule has 0 fully saturated rings. The average molecular weight is 139 g/mol. The maximum absolute atomic E-state index is 3.98. The molecule has 0 saturated heterocycles. The SMILES string of the molecule is [c]1nsc2c1CCNC2. The molecule has 0 atom stereocenters. The molecule has 0 aromatic carbocycles. The van der Waals surface area contributed by atoms with E-state index < -0.39 is 0 Å². The van der Waals surface area contributed by atoms with Crippen LogP contribution in [0.4, 0.5) is 0 Å². The lowest BCUT2D eigenvalue weighted by molar-refractivity contribution is 0.654. The molecule has 0 amide bonds. The van der Waals surface area contributed by atoms with Crippen molar-refractivity contribution in [3.63, 3.8) is 0 Å². The van der Waals surface area contributed by atoms with Crippen molar-refractivity contribution in [1.82, 2.24) is 9.69 Å². The van der Waals surface area contributed by atoms with Gasteiger partial charge < -0.3 is 5.32 Å². The molecule has 0 aliphatic carbocycles. The van der Waals surface area contributed by atoms with Gasteiger partial charge in [-0.25, -0.2) is 0 Å². The molecule has 2 rings (SSSR count). The van der Waals surface area contributed by atoms with Gasteiger partial charge >= 0.3 is 0 Å². The molecule has 1 N–H and O–H groups in total. The van der Waals surface area contributed by atoms with E-state index in [1.54, 1.807) is 11.5 Å². The van der Waals surface area contributed by atoms with E-state index in [1.165, 1.54) is 10.4 Å². The highest BCUT2D eigenvalue weighted by Crippen LogP contribution is 2.15. The van der Waals surface area contributed by atoms with Gasteiger partial charge in [0.25, 0.3) is 0 Å². The first-order valence-electron chi connectivity index (χ1n) is 3.02. The van der Waals surface area contributed by atoms with Crippen molar-refractivity contribution in [3.8, 4) is 0 Å². The van der Waals surface area contributed by atoms with Crippen molar-refractivity contribution >= 4 is 11.5 Å². The van der Waals surface area contributed by atoms with E-state index in [-0.39, 0.29) is 0 Å². The van der Waals surface area contributed by atoms with Gasteiger partial charge in [-0.15, -0.1) is 0 Å². The number of hydrogen-bond donors (Lipinski definition) is 1. The van der Waals surface area contributed by atoms with Gasteiger partial charge in [-0.2, -0.15) is 4.37 Å². The predicted molar refractivity (Wildman–Crippen MR) is 36.4 cm³/mol. The van der Waals surface area contributed by atoms with Crippen LogP contribution >= 0.6 is 11.5 Å². The van der Waals surface area contributed by atoms with Crippen LogP contribution in [0.15, 0.2) is 0 Å². The summed E-state index contributed by atoms with van der Waals surface area (Å²) in [4.78, 5) is 1.36. The van der Waals surface area contributed by atoms with Crippen LogP contribution in [0.3, 0.4) is 0 Å². The lowest BCUT2D eigenvalue weighted by Crippen LogP contribution is -2.21. The fourth-order valence-corrected chi connectivity index (χ4v) is 1.69. The lowest BCUT2D eigenvalue weighted by Gasteiger charge is -2.09. The van der Waals surface area contributed by atoms with Crippen molar-refractivity contribution in [3.05, 3.63) is 16.6 Å². The van der Waals surface area contributed by atoms with Crippen molar-refractivity contribution in [2.24, 2.45) is 0 Å². The number of fused-ring (bicyclic) bond motifs is 1. The number of hydrogen-bond acceptors (Lipinski definition) is 3. The molecule has 1 aliphatic heterocycles. The first kappa shape index (κ1) is 5.38. The minimum absolute atomic E-state index is 0.997. The molecule has 1 aromatic heterocycles. The van der Waals surface area contributed by atoms with Crippen LogP contribution in [0.5, 0.6) is 0 Å². The lowest BCUT2D eigenvalue weighted by atomic mass is 10.1. The van der Waals surface area contributed by atoms with Crippen LogP contribution in [0.1, 0.15) is 10.4 Å². The zero-order valence-electron chi connectivity index (χ0n) is 4.98. The van der Waals surface area contributed by atoms with E-state index in [1.807, 2.05) is 0 Å². The fraction of sp³-hybridized carbons (Fsp3) is 0.500. The highest BCUT2D eigenvalue weighted by Gasteiger charge is 2.09. The number of rotatable bonds is 0. The normalized spacial score (nSPS) is 17.3. The second kappa shape index (κ2) is 2.08. The molecule has 3 heteroatoms. The summed E-state index contributed by atoms with van der Waals surface area (Å²) >= 11 is 1.56. The third-order valence-corrected chi connectivity index (χ3v) is 2.30. The molecule has 0 unspecified atom stereocenters. The van der Waals surface area contributed by atoms with Crippen LogP contribution in [-0.2, 0) is 13.0 Å². The van der Waals surface area contributed by atoms with Gasteiger partial charge in [0.1, 0.15) is 6.20 Å². The molecule has 0 bridgehead atoms. The summed E-state index contributed by atoms with van der Waals surface area (Å²) in [6.45, 7) is 2.08. The first-order chi connectivity index (χ1) is 4.47. The summed E-state index contributed by atoms with van der Waals surface area (Å²) in [5.41, 5.74) is 1.32. The van der Waals surface area contributed by atoms with Crippen molar-refractivity contribution < 1.29 is 0 Å². The van der Waals surface area contributed by atoms with E-state index in [9.17, 15) is 0 Å². The zero-order valence-corrected chi connectivity index (χ0v) is 5.79. The molecular weight excluding hydrogens is 132 g/mol. The second-order valence-corrected chi connectivity index (χ2v) is 2.98. The molecule has 2 nitrogen and oxygen atoms in total. The number of nitrogens with one attached hydrogen (secondary N) is 1. The van der Waals surface area contributed by atoms with Gasteiger partial charge in [-0.1, -0.05) is 0 Å². The van der Waals surface area contributed by atoms with Gasteiger partial charge in [-0.3, -0.25) is 0 Å². The van der Waals surface area contributed by atoms with Crippen molar-refractivity contribution in [2.45, 2.75) is 13.0 Å². The van der Waals surface area contributed by atoms with E-state index in [2.05, 4.69) is 15.9 Å². The summed E-state index contributed by atoms with van der Waals surface area (Å²) in [6.07, 6.45) is 4.09. The van der Waals surface area contributed by atoms with Crippen LogP contribution in [0.25, 0.3) is 0 Å². The molecule has 47 valence electrons. The van der Waals surface area contributed by atoms with E-state index >= 15 is 0 Å². The maximum Gasteiger partial charge on any atom is 0.107 e. The molecule has 1 aromatic rings. The van der Waals surface area contributed by atoms with Gasteiger partial charge in [0.2, 0.25) is 0 Å². The molecule has 0 spiro atoms. The van der Waals surface area contributed by atoms with E-state index in [4.69, 9.17) is 0 Å². The zero-order chi connectivity index (χ0) is 6.10.